The number of benzene rings is 2. The van der Waals surface area contributed by atoms with Crippen LogP contribution < -0.4 is 5.32 Å². The fraction of sp³-hybridized carbons (Fsp3) is 0.421. The lowest BCUT2D eigenvalue weighted by atomic mass is 9.99. The second-order valence-corrected chi connectivity index (χ2v) is 7.02. The molecule has 2 aromatic carbocycles. The maximum absolute atomic E-state index is 11.6. The third-order valence-electron chi connectivity index (χ3n) is 3.66. The number of aliphatic hydroxyl groups is 2. The Morgan fingerprint density at radius 2 is 1.80 bits per heavy atom. The van der Waals surface area contributed by atoms with Gasteiger partial charge in [-0.25, -0.2) is 4.79 Å². The van der Waals surface area contributed by atoms with Crippen LogP contribution in [0.5, 0.6) is 5.75 Å². The minimum absolute atomic E-state index is 0.140. The van der Waals surface area contributed by atoms with Gasteiger partial charge in [-0.1, -0.05) is 18.2 Å². The molecule has 0 bridgehead atoms. The molecule has 0 heterocycles. The molecule has 0 aromatic heterocycles. The molecule has 0 saturated heterocycles. The van der Waals surface area contributed by atoms with Crippen LogP contribution in [0.2, 0.25) is 0 Å². The van der Waals surface area contributed by atoms with Crippen molar-refractivity contribution in [3.8, 4) is 5.75 Å². The SMILES string of the molecule is CC(C)(C)OC(=O)NCCC(O)C(O)c1ccc2ccc(O)cc2c1. The standard InChI is InChI=1S/C19H25NO5/c1-19(2,3)25-18(24)20-9-8-16(22)17(23)13-5-4-12-6-7-15(21)11-14(12)10-13/h4-7,10-11,16-17,21-23H,8-9H2,1-3H3,(H,20,24). The number of hydrogen-bond donors (Lipinski definition) is 4. The van der Waals surface area contributed by atoms with Crippen molar-refractivity contribution in [3.63, 3.8) is 0 Å². The summed E-state index contributed by atoms with van der Waals surface area (Å²) in [4.78, 5) is 11.6. The van der Waals surface area contributed by atoms with E-state index < -0.39 is 23.9 Å². The Kier molecular flexibility index (Phi) is 5.87. The minimum Gasteiger partial charge on any atom is -0.508 e. The van der Waals surface area contributed by atoms with Crippen molar-refractivity contribution in [2.24, 2.45) is 0 Å². The molecule has 0 spiro atoms. The van der Waals surface area contributed by atoms with E-state index in [1.54, 1.807) is 51.1 Å². The Bertz CT molecular complexity index is 738. The summed E-state index contributed by atoms with van der Waals surface area (Å²) in [5, 5.41) is 34.3. The molecule has 0 fully saturated rings. The monoisotopic (exact) mass is 347 g/mol. The zero-order valence-corrected chi connectivity index (χ0v) is 14.7. The largest absolute Gasteiger partial charge is 0.508 e. The van der Waals surface area contributed by atoms with Crippen molar-refractivity contribution in [3.05, 3.63) is 42.0 Å². The van der Waals surface area contributed by atoms with Gasteiger partial charge in [0.25, 0.3) is 0 Å². The van der Waals surface area contributed by atoms with Crippen molar-refractivity contribution < 1.29 is 24.9 Å². The second-order valence-electron chi connectivity index (χ2n) is 7.02. The summed E-state index contributed by atoms with van der Waals surface area (Å²) in [7, 11) is 0. The van der Waals surface area contributed by atoms with E-state index in [9.17, 15) is 20.1 Å². The normalized spacial score (nSPS) is 14.1. The lowest BCUT2D eigenvalue weighted by Crippen LogP contribution is -2.34. The predicted molar refractivity (Wildman–Crippen MR) is 95.4 cm³/mol. The number of hydrogen-bond acceptors (Lipinski definition) is 5. The first-order valence-corrected chi connectivity index (χ1v) is 8.21. The molecule has 2 unspecified atom stereocenters. The number of alkyl carbamates (subject to hydrolysis) is 1. The molecule has 2 atom stereocenters. The zero-order valence-electron chi connectivity index (χ0n) is 14.7. The molecule has 2 rings (SSSR count). The molecule has 0 aliphatic rings. The molecule has 0 saturated carbocycles. The highest BCUT2D eigenvalue weighted by Crippen LogP contribution is 2.26. The van der Waals surface area contributed by atoms with Crippen LogP contribution in [-0.2, 0) is 4.74 Å². The smallest absolute Gasteiger partial charge is 0.407 e. The fourth-order valence-electron chi connectivity index (χ4n) is 2.45. The van der Waals surface area contributed by atoms with Gasteiger partial charge in [0.15, 0.2) is 0 Å². The van der Waals surface area contributed by atoms with Crippen LogP contribution in [0.25, 0.3) is 10.8 Å². The highest BCUT2D eigenvalue weighted by atomic mass is 16.6. The fourth-order valence-corrected chi connectivity index (χ4v) is 2.45. The van der Waals surface area contributed by atoms with E-state index in [0.717, 1.165) is 10.8 Å². The number of carbonyl (C=O) groups is 1. The summed E-state index contributed by atoms with van der Waals surface area (Å²) >= 11 is 0. The summed E-state index contributed by atoms with van der Waals surface area (Å²) in [5.74, 6) is 0.140. The van der Waals surface area contributed by atoms with Crippen LogP contribution in [-0.4, -0.2) is 39.7 Å². The summed E-state index contributed by atoms with van der Waals surface area (Å²) in [6.07, 6.45) is -2.51. The van der Waals surface area contributed by atoms with Gasteiger partial charge >= 0.3 is 6.09 Å². The van der Waals surface area contributed by atoms with E-state index in [1.165, 1.54) is 0 Å². The van der Waals surface area contributed by atoms with Gasteiger partial charge in [-0.3, -0.25) is 0 Å². The van der Waals surface area contributed by atoms with Gasteiger partial charge in [0.1, 0.15) is 17.5 Å². The lowest BCUT2D eigenvalue weighted by Gasteiger charge is -2.21. The van der Waals surface area contributed by atoms with Gasteiger partial charge in [0, 0.05) is 6.54 Å². The minimum atomic E-state index is -1.09. The first kappa shape index (κ1) is 19.0. The molecule has 0 aliphatic carbocycles. The number of ether oxygens (including phenoxy) is 1. The van der Waals surface area contributed by atoms with Crippen molar-refractivity contribution in [2.45, 2.75) is 45.0 Å². The van der Waals surface area contributed by atoms with Crippen LogP contribution in [0.3, 0.4) is 0 Å². The summed E-state index contributed by atoms with van der Waals surface area (Å²) in [6.45, 7) is 5.48. The number of aliphatic hydroxyl groups excluding tert-OH is 2. The van der Waals surface area contributed by atoms with E-state index in [2.05, 4.69) is 5.32 Å². The molecule has 4 N–H and O–H groups in total. The van der Waals surface area contributed by atoms with Crippen LogP contribution in [0.4, 0.5) is 4.79 Å². The highest BCUT2D eigenvalue weighted by Gasteiger charge is 2.20. The molecule has 1 amide bonds. The van der Waals surface area contributed by atoms with Crippen molar-refractivity contribution in [2.75, 3.05) is 6.54 Å². The molecule has 6 heteroatoms. The number of carbonyl (C=O) groups excluding carboxylic acids is 1. The summed E-state index contributed by atoms with van der Waals surface area (Å²) in [5.41, 5.74) is -0.0401. The van der Waals surface area contributed by atoms with Gasteiger partial charge in [-0.15, -0.1) is 0 Å². The molecular formula is C19H25NO5. The van der Waals surface area contributed by atoms with E-state index >= 15 is 0 Å². The quantitative estimate of drug-likeness (QED) is 0.666. The number of amides is 1. The maximum atomic E-state index is 11.6. The van der Waals surface area contributed by atoms with Gasteiger partial charge in [0.2, 0.25) is 0 Å². The third kappa shape index (κ3) is 5.62. The molecule has 2 aromatic rings. The first-order valence-electron chi connectivity index (χ1n) is 8.21. The number of fused-ring (bicyclic) bond motifs is 1. The molecule has 0 aliphatic heterocycles. The van der Waals surface area contributed by atoms with Crippen LogP contribution in [0.15, 0.2) is 36.4 Å². The van der Waals surface area contributed by atoms with Crippen LogP contribution >= 0.6 is 0 Å². The third-order valence-corrected chi connectivity index (χ3v) is 3.66. The van der Waals surface area contributed by atoms with Crippen molar-refractivity contribution in [1.82, 2.24) is 5.32 Å². The van der Waals surface area contributed by atoms with Crippen molar-refractivity contribution in [1.29, 1.82) is 0 Å². The van der Waals surface area contributed by atoms with E-state index in [1.807, 2.05) is 6.07 Å². The predicted octanol–water partition coefficient (Wildman–Crippen LogP) is 2.85. The number of phenols is 1. The topological polar surface area (TPSA) is 99.0 Å². The van der Waals surface area contributed by atoms with E-state index in [0.29, 0.717) is 5.56 Å². The van der Waals surface area contributed by atoms with E-state index in [4.69, 9.17) is 4.74 Å². The van der Waals surface area contributed by atoms with Gasteiger partial charge in [-0.05, 0) is 61.7 Å². The molecule has 25 heavy (non-hydrogen) atoms. The van der Waals surface area contributed by atoms with Crippen LogP contribution in [0.1, 0.15) is 38.9 Å². The molecule has 6 nitrogen and oxygen atoms in total. The molecule has 0 radical (unpaired) electrons. The summed E-state index contributed by atoms with van der Waals surface area (Å²) < 4.78 is 5.11. The first-order chi connectivity index (χ1) is 11.7. The summed E-state index contributed by atoms with van der Waals surface area (Å²) in [6, 6.07) is 10.2. The molecular weight excluding hydrogens is 322 g/mol. The molecule has 136 valence electrons. The van der Waals surface area contributed by atoms with Gasteiger partial charge in [0.05, 0.1) is 6.10 Å². The number of phenolic OH excluding ortho intramolecular Hbond substituents is 1. The Labute approximate surface area is 147 Å². The van der Waals surface area contributed by atoms with Crippen molar-refractivity contribution >= 4 is 16.9 Å². The maximum Gasteiger partial charge on any atom is 0.407 e. The van der Waals surface area contributed by atoms with Gasteiger partial charge in [-0.2, -0.15) is 0 Å². The Morgan fingerprint density at radius 1 is 1.12 bits per heavy atom. The Balaban J connectivity index is 1.93. The van der Waals surface area contributed by atoms with Gasteiger partial charge < -0.3 is 25.4 Å². The van der Waals surface area contributed by atoms with E-state index in [-0.39, 0.29) is 18.7 Å². The Hall–Kier alpha value is -2.31. The Morgan fingerprint density at radius 3 is 2.48 bits per heavy atom. The number of nitrogens with one attached hydrogen (secondary N) is 1. The number of aromatic hydroxyl groups is 1. The average molecular weight is 347 g/mol. The number of rotatable bonds is 5. The lowest BCUT2D eigenvalue weighted by molar-refractivity contribution is 0.0124. The second kappa shape index (κ2) is 7.72. The van der Waals surface area contributed by atoms with Crippen LogP contribution in [0, 0.1) is 0 Å². The highest BCUT2D eigenvalue weighted by molar-refractivity contribution is 5.84. The zero-order chi connectivity index (χ0) is 18.6. The average Bonchev–Trinajstić information content (AvgIpc) is 2.51.